The van der Waals surface area contributed by atoms with Crippen molar-refractivity contribution in [3.05, 3.63) is 59.2 Å². The largest absolute Gasteiger partial charge is 0.508 e. The molecule has 0 saturated heterocycles. The Kier molecular flexibility index (Phi) is 3.33. The van der Waals surface area contributed by atoms with Crippen molar-refractivity contribution < 1.29 is 10.2 Å². The molecule has 2 nitrogen and oxygen atoms in total. The van der Waals surface area contributed by atoms with Crippen LogP contribution in [0.25, 0.3) is 0 Å². The van der Waals surface area contributed by atoms with Gasteiger partial charge in [-0.05, 0) is 78.0 Å². The highest BCUT2D eigenvalue weighted by Gasteiger charge is 2.38. The van der Waals surface area contributed by atoms with E-state index in [1.54, 1.807) is 12.1 Å². The molecule has 1 saturated carbocycles. The lowest BCUT2D eigenvalue weighted by Gasteiger charge is -2.43. The topological polar surface area (TPSA) is 40.5 Å². The second-order valence-electron chi connectivity index (χ2n) is 6.84. The third-order valence-electron chi connectivity index (χ3n) is 5.62. The summed E-state index contributed by atoms with van der Waals surface area (Å²) in [7, 11) is 0. The van der Waals surface area contributed by atoms with Crippen LogP contribution in [0, 0.1) is 5.92 Å². The Bertz CT molecular complexity index is 675. The number of hydrogen-bond donors (Lipinski definition) is 2. The summed E-state index contributed by atoms with van der Waals surface area (Å²) in [5.74, 6) is 2.52. The normalized spacial score (nSPS) is 27.0. The highest BCUT2D eigenvalue weighted by atomic mass is 16.3. The van der Waals surface area contributed by atoms with Gasteiger partial charge in [0.15, 0.2) is 0 Å². The molecule has 0 bridgehead atoms. The highest BCUT2D eigenvalue weighted by molar-refractivity contribution is 5.43. The van der Waals surface area contributed by atoms with Crippen molar-refractivity contribution in [1.82, 2.24) is 0 Å². The van der Waals surface area contributed by atoms with Gasteiger partial charge in [-0.25, -0.2) is 0 Å². The molecule has 0 heterocycles. The number of aromatic hydroxyl groups is 2. The molecule has 0 aromatic heterocycles. The lowest BCUT2D eigenvalue weighted by Crippen LogP contribution is -2.30. The van der Waals surface area contributed by atoms with Crippen molar-refractivity contribution in [3.63, 3.8) is 0 Å². The fourth-order valence-electron chi connectivity index (χ4n) is 4.63. The Morgan fingerprint density at radius 2 is 1.50 bits per heavy atom. The molecule has 0 aliphatic heterocycles. The second-order valence-corrected chi connectivity index (χ2v) is 6.84. The van der Waals surface area contributed by atoms with E-state index in [2.05, 4.69) is 18.2 Å². The first-order chi connectivity index (χ1) is 10.7. The zero-order valence-electron chi connectivity index (χ0n) is 12.7. The third kappa shape index (κ3) is 2.27. The summed E-state index contributed by atoms with van der Waals surface area (Å²) in [6, 6.07) is 13.7. The predicted molar refractivity (Wildman–Crippen MR) is 87.4 cm³/mol. The minimum absolute atomic E-state index is 0.331. The van der Waals surface area contributed by atoms with E-state index in [-0.39, 0.29) is 0 Å². The van der Waals surface area contributed by atoms with Crippen molar-refractivity contribution in [2.24, 2.45) is 5.92 Å². The zero-order chi connectivity index (χ0) is 15.1. The molecule has 2 aromatic carbocycles. The number of rotatable bonds is 1. The van der Waals surface area contributed by atoms with E-state index < -0.39 is 0 Å². The molecule has 2 aliphatic carbocycles. The van der Waals surface area contributed by atoms with Crippen LogP contribution in [-0.4, -0.2) is 10.2 Å². The standard InChI is InChI=1S/C20H22O2/c21-15-7-5-13(6-8-15)20-12-14-11-16(22)9-10-17(14)18-3-1-2-4-19(18)20/h5-11,18-22H,1-4,12H2. The van der Waals surface area contributed by atoms with Crippen molar-refractivity contribution in [3.8, 4) is 11.5 Å². The molecule has 3 unspecified atom stereocenters. The van der Waals surface area contributed by atoms with Crippen LogP contribution >= 0.6 is 0 Å². The molecule has 4 rings (SSSR count). The van der Waals surface area contributed by atoms with E-state index in [0.717, 1.165) is 6.42 Å². The molecule has 2 aromatic rings. The average Bonchev–Trinajstić information content (AvgIpc) is 2.54. The van der Waals surface area contributed by atoms with E-state index in [9.17, 15) is 10.2 Å². The van der Waals surface area contributed by atoms with Crippen LogP contribution < -0.4 is 0 Å². The maximum absolute atomic E-state index is 9.84. The Hall–Kier alpha value is -1.96. The van der Waals surface area contributed by atoms with E-state index >= 15 is 0 Å². The third-order valence-corrected chi connectivity index (χ3v) is 5.62. The summed E-state index contributed by atoms with van der Waals surface area (Å²) in [5, 5.41) is 19.4. The van der Waals surface area contributed by atoms with Gasteiger partial charge in [0.2, 0.25) is 0 Å². The summed E-state index contributed by atoms with van der Waals surface area (Å²) >= 11 is 0. The lowest BCUT2D eigenvalue weighted by molar-refractivity contribution is 0.243. The van der Waals surface area contributed by atoms with Crippen LogP contribution in [0.2, 0.25) is 0 Å². The smallest absolute Gasteiger partial charge is 0.115 e. The van der Waals surface area contributed by atoms with E-state index in [1.165, 1.54) is 42.4 Å². The van der Waals surface area contributed by atoms with Gasteiger partial charge in [-0.1, -0.05) is 31.0 Å². The summed E-state index contributed by atoms with van der Waals surface area (Å²) in [6.07, 6.45) is 6.18. The molecule has 3 atom stereocenters. The first-order valence-electron chi connectivity index (χ1n) is 8.33. The SMILES string of the molecule is Oc1ccc(C2Cc3cc(O)ccc3C3CCCCC23)cc1. The van der Waals surface area contributed by atoms with Gasteiger partial charge in [-0.2, -0.15) is 0 Å². The molecule has 2 N–H and O–H groups in total. The van der Waals surface area contributed by atoms with Crippen LogP contribution in [0.5, 0.6) is 11.5 Å². The van der Waals surface area contributed by atoms with E-state index in [0.29, 0.717) is 29.3 Å². The molecule has 0 spiro atoms. The van der Waals surface area contributed by atoms with E-state index in [1.807, 2.05) is 12.1 Å². The van der Waals surface area contributed by atoms with E-state index in [4.69, 9.17) is 0 Å². The Balaban J connectivity index is 1.77. The number of fused-ring (bicyclic) bond motifs is 3. The molecule has 0 amide bonds. The maximum Gasteiger partial charge on any atom is 0.115 e. The van der Waals surface area contributed by atoms with Crippen LogP contribution in [-0.2, 0) is 6.42 Å². The van der Waals surface area contributed by atoms with Crippen LogP contribution in [0.4, 0.5) is 0 Å². The monoisotopic (exact) mass is 294 g/mol. The predicted octanol–water partition coefficient (Wildman–Crippen LogP) is 4.71. The Morgan fingerprint density at radius 1 is 0.773 bits per heavy atom. The lowest BCUT2D eigenvalue weighted by atomic mass is 9.61. The van der Waals surface area contributed by atoms with Gasteiger partial charge in [0.25, 0.3) is 0 Å². The molecular weight excluding hydrogens is 272 g/mol. The summed E-state index contributed by atoms with van der Waals surface area (Å²) < 4.78 is 0. The van der Waals surface area contributed by atoms with Crippen molar-refractivity contribution in [2.45, 2.75) is 43.9 Å². The van der Waals surface area contributed by atoms with Gasteiger partial charge in [0.05, 0.1) is 0 Å². The number of benzene rings is 2. The minimum atomic E-state index is 0.331. The molecule has 1 fully saturated rings. The average molecular weight is 294 g/mol. The van der Waals surface area contributed by atoms with Gasteiger partial charge < -0.3 is 10.2 Å². The molecular formula is C20H22O2. The number of phenolic OH excluding ortho intramolecular Hbond substituents is 2. The molecule has 22 heavy (non-hydrogen) atoms. The van der Waals surface area contributed by atoms with Gasteiger partial charge in [0.1, 0.15) is 11.5 Å². The van der Waals surface area contributed by atoms with Crippen molar-refractivity contribution in [1.29, 1.82) is 0 Å². The van der Waals surface area contributed by atoms with Crippen LogP contribution in [0.15, 0.2) is 42.5 Å². The fourth-order valence-corrected chi connectivity index (χ4v) is 4.63. The molecule has 2 aliphatic rings. The quantitative estimate of drug-likeness (QED) is 0.799. The summed E-state index contributed by atoms with van der Waals surface area (Å²) in [6.45, 7) is 0. The van der Waals surface area contributed by atoms with Gasteiger partial charge in [-0.3, -0.25) is 0 Å². The number of hydrogen-bond acceptors (Lipinski definition) is 2. The molecule has 0 radical (unpaired) electrons. The Morgan fingerprint density at radius 3 is 2.32 bits per heavy atom. The summed E-state index contributed by atoms with van der Waals surface area (Å²) in [4.78, 5) is 0. The fraction of sp³-hybridized carbons (Fsp3) is 0.400. The van der Waals surface area contributed by atoms with Gasteiger partial charge >= 0.3 is 0 Å². The zero-order valence-corrected chi connectivity index (χ0v) is 12.7. The van der Waals surface area contributed by atoms with Gasteiger partial charge in [0, 0.05) is 0 Å². The van der Waals surface area contributed by atoms with Crippen molar-refractivity contribution >= 4 is 0 Å². The summed E-state index contributed by atoms with van der Waals surface area (Å²) in [5.41, 5.74) is 4.09. The highest BCUT2D eigenvalue weighted by Crippen LogP contribution is 2.51. The molecule has 2 heteroatoms. The first kappa shape index (κ1) is 13.7. The van der Waals surface area contributed by atoms with Crippen molar-refractivity contribution in [2.75, 3.05) is 0 Å². The number of phenols is 2. The van der Waals surface area contributed by atoms with Crippen LogP contribution in [0.3, 0.4) is 0 Å². The maximum atomic E-state index is 9.84. The first-order valence-corrected chi connectivity index (χ1v) is 8.33. The minimum Gasteiger partial charge on any atom is -0.508 e. The Labute approximate surface area is 131 Å². The molecule has 114 valence electrons. The second kappa shape index (κ2) is 5.35. The van der Waals surface area contributed by atoms with Crippen LogP contribution in [0.1, 0.15) is 54.2 Å². The van der Waals surface area contributed by atoms with Gasteiger partial charge in [-0.15, -0.1) is 0 Å².